The fourth-order valence-electron chi connectivity index (χ4n) is 3.12. The first kappa shape index (κ1) is 13.2. The van der Waals surface area contributed by atoms with Crippen LogP contribution in [0.4, 0.5) is 5.82 Å². The van der Waals surface area contributed by atoms with Gasteiger partial charge in [-0.3, -0.25) is 4.40 Å². The van der Waals surface area contributed by atoms with Gasteiger partial charge in [-0.2, -0.15) is 0 Å². The van der Waals surface area contributed by atoms with Gasteiger partial charge in [0.15, 0.2) is 11.5 Å². The van der Waals surface area contributed by atoms with E-state index in [1.54, 1.807) is 6.33 Å². The van der Waals surface area contributed by atoms with Gasteiger partial charge in [0, 0.05) is 24.5 Å². The Kier molecular flexibility index (Phi) is 3.21. The molecule has 112 valence electrons. The molecule has 0 atom stereocenters. The third-order valence-corrected chi connectivity index (χ3v) is 4.23. The minimum atomic E-state index is 0.675. The first-order valence-electron chi connectivity index (χ1n) is 7.65. The SMILES string of the molecule is CN(Cc1nnc2ccccn12)c1ncnc2c1CCCC2. The summed E-state index contributed by atoms with van der Waals surface area (Å²) in [4.78, 5) is 11.1. The van der Waals surface area contributed by atoms with Crippen molar-refractivity contribution in [3.63, 3.8) is 0 Å². The lowest BCUT2D eigenvalue weighted by Gasteiger charge is -2.23. The number of fused-ring (bicyclic) bond motifs is 2. The van der Waals surface area contributed by atoms with Crippen LogP contribution in [-0.4, -0.2) is 31.6 Å². The number of aromatic nitrogens is 5. The van der Waals surface area contributed by atoms with E-state index < -0.39 is 0 Å². The Labute approximate surface area is 128 Å². The van der Waals surface area contributed by atoms with Crippen LogP contribution < -0.4 is 4.90 Å². The van der Waals surface area contributed by atoms with Crippen molar-refractivity contribution in [1.82, 2.24) is 24.6 Å². The van der Waals surface area contributed by atoms with Gasteiger partial charge in [-0.05, 0) is 37.8 Å². The van der Waals surface area contributed by atoms with Crippen molar-refractivity contribution >= 4 is 11.5 Å². The molecule has 0 bridgehead atoms. The van der Waals surface area contributed by atoms with Crippen LogP contribution in [0.15, 0.2) is 30.7 Å². The largest absolute Gasteiger partial charge is 0.352 e. The fourth-order valence-corrected chi connectivity index (χ4v) is 3.12. The quantitative estimate of drug-likeness (QED) is 0.740. The van der Waals surface area contributed by atoms with Crippen LogP contribution in [-0.2, 0) is 19.4 Å². The van der Waals surface area contributed by atoms with E-state index >= 15 is 0 Å². The first-order chi connectivity index (χ1) is 10.8. The molecule has 0 fully saturated rings. The van der Waals surface area contributed by atoms with Crippen LogP contribution >= 0.6 is 0 Å². The molecule has 0 unspecified atom stereocenters. The van der Waals surface area contributed by atoms with E-state index in [0.717, 1.165) is 30.1 Å². The Hall–Kier alpha value is -2.50. The molecule has 1 aliphatic rings. The van der Waals surface area contributed by atoms with Gasteiger partial charge in [0.2, 0.25) is 0 Å². The average Bonchev–Trinajstić information content (AvgIpc) is 2.97. The molecular formula is C16H18N6. The second kappa shape index (κ2) is 5.36. The third-order valence-electron chi connectivity index (χ3n) is 4.23. The smallest absolute Gasteiger partial charge is 0.160 e. The Morgan fingerprint density at radius 2 is 2.05 bits per heavy atom. The molecular weight excluding hydrogens is 276 g/mol. The summed E-state index contributed by atoms with van der Waals surface area (Å²) >= 11 is 0. The van der Waals surface area contributed by atoms with E-state index in [4.69, 9.17) is 0 Å². The Morgan fingerprint density at radius 3 is 3.00 bits per heavy atom. The summed E-state index contributed by atoms with van der Waals surface area (Å²) in [6.07, 6.45) is 8.24. The molecule has 0 aromatic carbocycles. The number of pyridine rings is 1. The standard InChI is InChI=1S/C16H18N6/c1-21(10-15-20-19-14-8-4-5-9-22(14)15)16-12-6-2-3-7-13(12)17-11-18-16/h4-5,8-9,11H,2-3,6-7,10H2,1H3. The molecule has 6 heteroatoms. The Morgan fingerprint density at radius 1 is 1.14 bits per heavy atom. The zero-order valence-electron chi connectivity index (χ0n) is 12.6. The number of nitrogens with zero attached hydrogens (tertiary/aromatic N) is 6. The molecule has 0 N–H and O–H groups in total. The monoisotopic (exact) mass is 294 g/mol. The van der Waals surface area contributed by atoms with Crippen molar-refractivity contribution in [2.75, 3.05) is 11.9 Å². The Bertz CT molecular complexity index is 809. The van der Waals surface area contributed by atoms with Crippen molar-refractivity contribution in [2.24, 2.45) is 0 Å². The average molecular weight is 294 g/mol. The highest BCUT2D eigenvalue weighted by molar-refractivity contribution is 5.49. The predicted molar refractivity (Wildman–Crippen MR) is 83.8 cm³/mol. The molecule has 0 aliphatic heterocycles. The number of hydrogen-bond acceptors (Lipinski definition) is 5. The molecule has 3 aromatic rings. The van der Waals surface area contributed by atoms with Gasteiger partial charge in [-0.25, -0.2) is 9.97 Å². The highest BCUT2D eigenvalue weighted by Gasteiger charge is 2.19. The topological polar surface area (TPSA) is 59.2 Å². The van der Waals surface area contributed by atoms with Crippen LogP contribution in [0, 0.1) is 0 Å². The number of anilines is 1. The number of rotatable bonds is 3. The third kappa shape index (κ3) is 2.20. The molecule has 0 amide bonds. The van der Waals surface area contributed by atoms with Crippen LogP contribution in [0.1, 0.15) is 29.9 Å². The number of aryl methyl sites for hydroxylation is 1. The van der Waals surface area contributed by atoms with Gasteiger partial charge in [-0.1, -0.05) is 6.07 Å². The van der Waals surface area contributed by atoms with Gasteiger partial charge < -0.3 is 4.90 Å². The highest BCUT2D eigenvalue weighted by Crippen LogP contribution is 2.27. The molecule has 22 heavy (non-hydrogen) atoms. The van der Waals surface area contributed by atoms with Crippen LogP contribution in [0.2, 0.25) is 0 Å². The summed E-state index contributed by atoms with van der Waals surface area (Å²) in [7, 11) is 2.06. The highest BCUT2D eigenvalue weighted by atomic mass is 15.3. The summed E-state index contributed by atoms with van der Waals surface area (Å²) in [5, 5.41) is 8.51. The maximum Gasteiger partial charge on any atom is 0.160 e. The van der Waals surface area contributed by atoms with Crippen molar-refractivity contribution in [3.8, 4) is 0 Å². The zero-order chi connectivity index (χ0) is 14.9. The van der Waals surface area contributed by atoms with E-state index in [1.807, 2.05) is 28.8 Å². The Balaban J connectivity index is 1.66. The lowest BCUT2D eigenvalue weighted by Crippen LogP contribution is -2.23. The van der Waals surface area contributed by atoms with E-state index in [9.17, 15) is 0 Å². The second-order valence-electron chi connectivity index (χ2n) is 5.73. The molecule has 0 saturated carbocycles. The molecule has 0 saturated heterocycles. The van der Waals surface area contributed by atoms with Crippen molar-refractivity contribution in [2.45, 2.75) is 32.2 Å². The minimum Gasteiger partial charge on any atom is -0.352 e. The van der Waals surface area contributed by atoms with Gasteiger partial charge in [0.1, 0.15) is 12.1 Å². The van der Waals surface area contributed by atoms with Crippen molar-refractivity contribution in [3.05, 3.63) is 47.8 Å². The van der Waals surface area contributed by atoms with Gasteiger partial charge >= 0.3 is 0 Å². The summed E-state index contributed by atoms with van der Waals surface area (Å²) in [5.74, 6) is 1.94. The number of hydrogen-bond donors (Lipinski definition) is 0. The normalized spacial score (nSPS) is 14.0. The fraction of sp³-hybridized carbons (Fsp3) is 0.375. The van der Waals surface area contributed by atoms with Crippen molar-refractivity contribution < 1.29 is 0 Å². The second-order valence-corrected chi connectivity index (χ2v) is 5.73. The van der Waals surface area contributed by atoms with Crippen LogP contribution in [0.3, 0.4) is 0 Å². The molecule has 1 aliphatic carbocycles. The molecule has 4 rings (SSSR count). The van der Waals surface area contributed by atoms with E-state index in [-0.39, 0.29) is 0 Å². The molecule has 3 aromatic heterocycles. The van der Waals surface area contributed by atoms with Crippen LogP contribution in [0.25, 0.3) is 5.65 Å². The molecule has 3 heterocycles. The molecule has 6 nitrogen and oxygen atoms in total. The van der Waals surface area contributed by atoms with E-state index in [1.165, 1.54) is 24.1 Å². The lowest BCUT2D eigenvalue weighted by molar-refractivity contribution is 0.656. The molecule has 0 spiro atoms. The molecule has 0 radical (unpaired) electrons. The maximum atomic E-state index is 4.51. The van der Waals surface area contributed by atoms with Gasteiger partial charge in [-0.15, -0.1) is 10.2 Å². The lowest BCUT2D eigenvalue weighted by atomic mass is 9.96. The van der Waals surface area contributed by atoms with Crippen molar-refractivity contribution in [1.29, 1.82) is 0 Å². The summed E-state index contributed by atoms with van der Waals surface area (Å²) in [6.45, 7) is 0.675. The van der Waals surface area contributed by atoms with Crippen LogP contribution in [0.5, 0.6) is 0 Å². The summed E-state index contributed by atoms with van der Waals surface area (Å²) in [6, 6.07) is 5.92. The summed E-state index contributed by atoms with van der Waals surface area (Å²) < 4.78 is 2.02. The summed E-state index contributed by atoms with van der Waals surface area (Å²) in [5.41, 5.74) is 3.37. The van der Waals surface area contributed by atoms with E-state index in [2.05, 4.69) is 32.1 Å². The van der Waals surface area contributed by atoms with Gasteiger partial charge in [0.25, 0.3) is 0 Å². The first-order valence-corrected chi connectivity index (χ1v) is 7.65. The maximum absolute atomic E-state index is 4.51. The van der Waals surface area contributed by atoms with Gasteiger partial charge in [0.05, 0.1) is 6.54 Å². The predicted octanol–water partition coefficient (Wildman–Crippen LogP) is 2.03. The zero-order valence-corrected chi connectivity index (χ0v) is 12.6. The van der Waals surface area contributed by atoms with E-state index in [0.29, 0.717) is 6.54 Å². The minimum absolute atomic E-state index is 0.675.